The van der Waals surface area contributed by atoms with Gasteiger partial charge in [-0.15, -0.1) is 11.8 Å². The van der Waals surface area contributed by atoms with E-state index in [0.29, 0.717) is 12.0 Å². The van der Waals surface area contributed by atoms with Gasteiger partial charge in [0.15, 0.2) is 11.5 Å². The Kier molecular flexibility index (Phi) is 11.4. The molecule has 1 aliphatic heterocycles. The number of hydrogen-bond donors (Lipinski definition) is 3. The minimum absolute atomic E-state index is 0.0223. The van der Waals surface area contributed by atoms with Gasteiger partial charge in [-0.05, 0) is 119 Å². The highest BCUT2D eigenvalue weighted by Crippen LogP contribution is 2.47. The Morgan fingerprint density at radius 1 is 0.780 bits per heavy atom. The highest BCUT2D eigenvalue weighted by atomic mass is 32.2. The van der Waals surface area contributed by atoms with Crippen molar-refractivity contribution >= 4 is 41.6 Å². The summed E-state index contributed by atoms with van der Waals surface area (Å²) >= 11 is 1.53. The number of benzene rings is 4. The van der Waals surface area contributed by atoms with Crippen LogP contribution in [0.5, 0.6) is 17.2 Å². The molecule has 1 heterocycles. The van der Waals surface area contributed by atoms with Gasteiger partial charge in [-0.1, -0.05) is 123 Å². The standard InChI is InChI=1S/C46H44O3S/c1-8-12-22-37-30(6)43(34-21-17-24-39-42(50-29(5)25-34)28-41(47)46(49)45(39)48)31(7)38(23-13-9-2)44(37)40-27-35(32-19-15-14-16-20-32)26-33(18-10-3)36(40)11-4/h8-23,25-29,47-49H,1-2,4,24H2,3,5-7H3/b18-10-,21-17-,22-12-,23-13-,34-25+. The second-order valence-corrected chi connectivity index (χ2v) is 13.7. The van der Waals surface area contributed by atoms with Crippen LogP contribution in [0, 0.1) is 13.8 Å². The number of hydrogen-bond acceptors (Lipinski definition) is 4. The molecular formula is C46H44O3S. The van der Waals surface area contributed by atoms with E-state index in [2.05, 4.69) is 113 Å². The lowest BCUT2D eigenvalue weighted by Gasteiger charge is -2.25. The summed E-state index contributed by atoms with van der Waals surface area (Å²) < 4.78 is 0. The van der Waals surface area contributed by atoms with Crippen molar-refractivity contribution in [3.05, 3.63) is 161 Å². The van der Waals surface area contributed by atoms with Crippen LogP contribution in [0.4, 0.5) is 0 Å². The second-order valence-electron chi connectivity index (χ2n) is 12.2. The lowest BCUT2D eigenvalue weighted by molar-refractivity contribution is 0.363. The Balaban J connectivity index is 1.86. The van der Waals surface area contributed by atoms with Crippen molar-refractivity contribution in [2.45, 2.75) is 44.3 Å². The maximum absolute atomic E-state index is 10.7. The lowest BCUT2D eigenvalue weighted by atomic mass is 9.79. The zero-order chi connectivity index (χ0) is 35.9. The molecule has 3 nitrogen and oxygen atoms in total. The third-order valence-corrected chi connectivity index (χ3v) is 10.1. The van der Waals surface area contributed by atoms with E-state index >= 15 is 0 Å². The van der Waals surface area contributed by atoms with Crippen molar-refractivity contribution in [3.8, 4) is 39.5 Å². The maximum atomic E-state index is 10.7. The number of rotatable bonds is 9. The van der Waals surface area contributed by atoms with E-state index in [4.69, 9.17) is 0 Å². The Labute approximate surface area is 301 Å². The maximum Gasteiger partial charge on any atom is 0.200 e. The number of allylic oxidation sites excluding steroid dienone is 8. The molecule has 0 amide bonds. The van der Waals surface area contributed by atoms with Crippen LogP contribution in [0.25, 0.3) is 52.1 Å². The van der Waals surface area contributed by atoms with Crippen LogP contribution in [0.15, 0.2) is 122 Å². The van der Waals surface area contributed by atoms with Gasteiger partial charge in [-0.2, -0.15) is 0 Å². The molecule has 252 valence electrons. The molecule has 0 aliphatic carbocycles. The summed E-state index contributed by atoms with van der Waals surface area (Å²) in [5.74, 6) is -1.11. The van der Waals surface area contributed by atoms with Crippen LogP contribution in [-0.4, -0.2) is 20.6 Å². The molecule has 50 heavy (non-hydrogen) atoms. The fraction of sp³-hybridized carbons (Fsp3) is 0.130. The van der Waals surface area contributed by atoms with Crippen molar-refractivity contribution in [2.75, 3.05) is 0 Å². The molecule has 1 atom stereocenters. The summed E-state index contributed by atoms with van der Waals surface area (Å²) in [6.07, 6.45) is 24.7. The highest BCUT2D eigenvalue weighted by molar-refractivity contribution is 8.00. The molecule has 0 radical (unpaired) electrons. The van der Waals surface area contributed by atoms with Crippen LogP contribution >= 0.6 is 11.8 Å². The fourth-order valence-electron chi connectivity index (χ4n) is 6.74. The molecule has 0 saturated heterocycles. The first-order valence-electron chi connectivity index (χ1n) is 16.7. The first-order valence-corrected chi connectivity index (χ1v) is 17.6. The van der Waals surface area contributed by atoms with Crippen LogP contribution in [0.1, 0.15) is 58.4 Å². The predicted molar refractivity (Wildman–Crippen MR) is 218 cm³/mol. The topological polar surface area (TPSA) is 60.7 Å². The minimum atomic E-state index is -0.495. The van der Waals surface area contributed by atoms with Crippen molar-refractivity contribution in [1.29, 1.82) is 0 Å². The summed E-state index contributed by atoms with van der Waals surface area (Å²) in [5.41, 5.74) is 13.7. The van der Waals surface area contributed by atoms with Crippen LogP contribution in [-0.2, 0) is 6.42 Å². The highest BCUT2D eigenvalue weighted by Gasteiger charge is 2.24. The molecule has 1 aliphatic rings. The molecule has 4 aromatic rings. The van der Waals surface area contributed by atoms with Gasteiger partial charge in [-0.25, -0.2) is 0 Å². The molecule has 0 aromatic heterocycles. The third kappa shape index (κ3) is 7.12. The first-order chi connectivity index (χ1) is 24.1. The summed E-state index contributed by atoms with van der Waals surface area (Å²) in [5, 5.41) is 31.3. The SMILES string of the molecule is C=C/C=C\c1c(C)c(C2=C/C(C)Sc3cc(O)c(O)c(O)c3C/C=C\2)c(C)c(/C=C\C=C)c1-c1cc(-c2ccccc2)cc(/C=C\C)c1C=C. The van der Waals surface area contributed by atoms with Crippen molar-refractivity contribution in [3.63, 3.8) is 0 Å². The molecule has 4 heteroatoms. The predicted octanol–water partition coefficient (Wildman–Crippen LogP) is 12.5. The van der Waals surface area contributed by atoms with E-state index in [1.807, 2.05) is 37.3 Å². The zero-order valence-corrected chi connectivity index (χ0v) is 30.0. The van der Waals surface area contributed by atoms with Crippen LogP contribution < -0.4 is 0 Å². The number of fused-ring (bicyclic) bond motifs is 1. The summed E-state index contributed by atoms with van der Waals surface area (Å²) in [6.45, 7) is 20.8. The quantitative estimate of drug-likeness (QED) is 0.122. The van der Waals surface area contributed by atoms with Crippen molar-refractivity contribution < 1.29 is 15.3 Å². The number of phenolic OH excluding ortho intramolecular Hbond substituents is 3. The van der Waals surface area contributed by atoms with Gasteiger partial charge in [0.1, 0.15) is 0 Å². The number of aromatic hydroxyl groups is 3. The summed E-state index contributed by atoms with van der Waals surface area (Å²) in [6, 6.07) is 16.5. The number of phenols is 3. The first kappa shape index (κ1) is 35.8. The van der Waals surface area contributed by atoms with Crippen LogP contribution in [0.2, 0.25) is 0 Å². The zero-order valence-electron chi connectivity index (χ0n) is 29.2. The van der Waals surface area contributed by atoms with E-state index < -0.39 is 5.75 Å². The van der Waals surface area contributed by atoms with E-state index in [1.54, 1.807) is 12.2 Å². The Hall–Kier alpha value is -5.45. The molecule has 0 saturated carbocycles. The average Bonchev–Trinajstić information content (AvgIpc) is 3.18. The van der Waals surface area contributed by atoms with E-state index in [9.17, 15) is 15.3 Å². The van der Waals surface area contributed by atoms with Gasteiger partial charge in [0.2, 0.25) is 5.75 Å². The Bertz CT molecular complexity index is 2080. The van der Waals surface area contributed by atoms with E-state index in [0.717, 1.165) is 71.7 Å². The van der Waals surface area contributed by atoms with Gasteiger partial charge in [0.05, 0.1) is 0 Å². The largest absolute Gasteiger partial charge is 0.504 e. The molecule has 0 spiro atoms. The second kappa shape index (κ2) is 15.8. The minimum Gasteiger partial charge on any atom is -0.504 e. The normalized spacial score (nSPS) is 16.4. The van der Waals surface area contributed by atoms with E-state index in [-0.39, 0.29) is 16.7 Å². The van der Waals surface area contributed by atoms with Gasteiger partial charge >= 0.3 is 0 Å². The average molecular weight is 677 g/mol. The number of thioether (sulfide) groups is 1. The van der Waals surface area contributed by atoms with Gasteiger partial charge < -0.3 is 15.3 Å². The molecule has 0 fully saturated rings. The monoisotopic (exact) mass is 676 g/mol. The van der Waals surface area contributed by atoms with E-state index in [1.165, 1.54) is 17.8 Å². The molecule has 5 rings (SSSR count). The van der Waals surface area contributed by atoms with Crippen molar-refractivity contribution in [1.82, 2.24) is 0 Å². The van der Waals surface area contributed by atoms with Gasteiger partial charge in [-0.3, -0.25) is 0 Å². The Morgan fingerprint density at radius 2 is 1.44 bits per heavy atom. The molecule has 3 N–H and O–H groups in total. The van der Waals surface area contributed by atoms with Gasteiger partial charge in [0, 0.05) is 15.7 Å². The van der Waals surface area contributed by atoms with Crippen molar-refractivity contribution in [2.24, 2.45) is 0 Å². The van der Waals surface area contributed by atoms with Gasteiger partial charge in [0.25, 0.3) is 0 Å². The smallest absolute Gasteiger partial charge is 0.200 e. The fourth-order valence-corrected chi connectivity index (χ4v) is 7.86. The molecule has 1 unspecified atom stereocenters. The lowest BCUT2D eigenvalue weighted by Crippen LogP contribution is -2.05. The Morgan fingerprint density at radius 3 is 2.04 bits per heavy atom. The third-order valence-electron chi connectivity index (χ3n) is 8.99. The molecular weight excluding hydrogens is 633 g/mol. The molecule has 4 aromatic carbocycles. The van der Waals surface area contributed by atoms with Crippen LogP contribution in [0.3, 0.4) is 0 Å². The summed E-state index contributed by atoms with van der Waals surface area (Å²) in [7, 11) is 0. The molecule has 0 bridgehead atoms. The summed E-state index contributed by atoms with van der Waals surface area (Å²) in [4.78, 5) is 0.729.